The van der Waals surface area contributed by atoms with E-state index < -0.39 is 6.04 Å². The highest BCUT2D eigenvalue weighted by Crippen LogP contribution is 2.20. The van der Waals surface area contributed by atoms with Crippen LogP contribution in [-0.4, -0.2) is 40.4 Å². The maximum Gasteiger partial charge on any atom is 0.251 e. The van der Waals surface area contributed by atoms with Gasteiger partial charge in [0.25, 0.3) is 5.91 Å². The second kappa shape index (κ2) is 8.82. The van der Waals surface area contributed by atoms with E-state index in [1.165, 1.54) is 0 Å². The fourth-order valence-corrected chi connectivity index (χ4v) is 2.93. The van der Waals surface area contributed by atoms with Crippen LogP contribution in [0.1, 0.15) is 34.5 Å². The SMILES string of the molecule is Cc1ccc([C@@H](CO)NC(=O)c2ccc3cnc(N[C@@H](C)CO)cc3c2)cc1. The van der Waals surface area contributed by atoms with Gasteiger partial charge in [-0.1, -0.05) is 35.9 Å². The lowest BCUT2D eigenvalue weighted by molar-refractivity contribution is 0.0916. The lowest BCUT2D eigenvalue weighted by Gasteiger charge is -2.17. The summed E-state index contributed by atoms with van der Waals surface area (Å²) in [5.41, 5.74) is 2.48. The summed E-state index contributed by atoms with van der Waals surface area (Å²) in [4.78, 5) is 17.0. The topological polar surface area (TPSA) is 94.5 Å². The molecule has 0 radical (unpaired) electrons. The number of aliphatic hydroxyl groups excluding tert-OH is 2. The number of aliphatic hydroxyl groups is 2. The number of hydrogen-bond acceptors (Lipinski definition) is 5. The number of aryl methyl sites for hydroxylation is 1. The van der Waals surface area contributed by atoms with Crippen LogP contribution in [-0.2, 0) is 0 Å². The number of carbonyl (C=O) groups excluding carboxylic acids is 1. The molecular weight excluding hydrogens is 354 g/mol. The number of carbonyl (C=O) groups is 1. The average Bonchev–Trinajstić information content (AvgIpc) is 2.72. The highest BCUT2D eigenvalue weighted by Gasteiger charge is 2.15. The van der Waals surface area contributed by atoms with Crippen LogP contribution in [0.4, 0.5) is 5.82 Å². The highest BCUT2D eigenvalue weighted by atomic mass is 16.3. The summed E-state index contributed by atoms with van der Waals surface area (Å²) in [6, 6.07) is 14.4. The summed E-state index contributed by atoms with van der Waals surface area (Å²) in [6.07, 6.45) is 1.73. The summed E-state index contributed by atoms with van der Waals surface area (Å²) < 4.78 is 0. The van der Waals surface area contributed by atoms with E-state index in [1.54, 1.807) is 18.3 Å². The van der Waals surface area contributed by atoms with Crippen molar-refractivity contribution in [1.29, 1.82) is 0 Å². The number of nitrogens with zero attached hydrogens (tertiary/aromatic N) is 1. The van der Waals surface area contributed by atoms with E-state index >= 15 is 0 Å². The largest absolute Gasteiger partial charge is 0.394 e. The molecule has 2 atom stereocenters. The fraction of sp³-hybridized carbons (Fsp3) is 0.273. The normalized spacial score (nSPS) is 13.1. The number of benzene rings is 2. The maximum atomic E-state index is 12.7. The van der Waals surface area contributed by atoms with Gasteiger partial charge in [0.2, 0.25) is 0 Å². The molecule has 0 unspecified atom stereocenters. The van der Waals surface area contributed by atoms with Crippen molar-refractivity contribution in [3.63, 3.8) is 0 Å². The van der Waals surface area contributed by atoms with Gasteiger partial charge in [-0.05, 0) is 43.0 Å². The number of pyridine rings is 1. The highest BCUT2D eigenvalue weighted by molar-refractivity contribution is 5.99. The summed E-state index contributed by atoms with van der Waals surface area (Å²) >= 11 is 0. The Hall–Kier alpha value is -2.96. The predicted octanol–water partition coefficient (Wildman–Crippen LogP) is 2.80. The molecule has 0 fully saturated rings. The molecular formula is C22H25N3O3. The average molecular weight is 379 g/mol. The van der Waals surface area contributed by atoms with Crippen molar-refractivity contribution < 1.29 is 15.0 Å². The van der Waals surface area contributed by atoms with E-state index in [-0.39, 0.29) is 25.2 Å². The number of nitrogens with one attached hydrogen (secondary N) is 2. The molecule has 3 rings (SSSR count). The number of anilines is 1. The van der Waals surface area contributed by atoms with Gasteiger partial charge < -0.3 is 20.8 Å². The van der Waals surface area contributed by atoms with Gasteiger partial charge in [0.05, 0.1) is 19.3 Å². The number of fused-ring (bicyclic) bond motifs is 1. The maximum absolute atomic E-state index is 12.7. The van der Waals surface area contributed by atoms with Gasteiger partial charge in [-0.15, -0.1) is 0 Å². The molecule has 0 aliphatic carbocycles. The Bertz CT molecular complexity index is 957. The van der Waals surface area contributed by atoms with E-state index in [9.17, 15) is 15.0 Å². The van der Waals surface area contributed by atoms with Crippen molar-refractivity contribution in [2.75, 3.05) is 18.5 Å². The number of rotatable bonds is 7. The van der Waals surface area contributed by atoms with E-state index in [0.717, 1.165) is 21.9 Å². The van der Waals surface area contributed by atoms with E-state index in [4.69, 9.17) is 0 Å². The Kier molecular flexibility index (Phi) is 6.23. The lowest BCUT2D eigenvalue weighted by atomic mass is 10.0. The first-order chi connectivity index (χ1) is 13.5. The van der Waals surface area contributed by atoms with Crippen molar-refractivity contribution in [3.05, 3.63) is 71.4 Å². The smallest absolute Gasteiger partial charge is 0.251 e. The van der Waals surface area contributed by atoms with Crippen LogP contribution >= 0.6 is 0 Å². The number of aromatic nitrogens is 1. The van der Waals surface area contributed by atoms with Crippen molar-refractivity contribution in [3.8, 4) is 0 Å². The Morgan fingerprint density at radius 3 is 2.46 bits per heavy atom. The fourth-order valence-electron chi connectivity index (χ4n) is 2.93. The molecule has 1 aromatic heterocycles. The minimum atomic E-state index is -0.469. The molecule has 0 saturated carbocycles. The quantitative estimate of drug-likeness (QED) is 0.506. The predicted molar refractivity (Wildman–Crippen MR) is 110 cm³/mol. The first-order valence-electron chi connectivity index (χ1n) is 9.25. The first-order valence-corrected chi connectivity index (χ1v) is 9.25. The number of hydrogen-bond donors (Lipinski definition) is 4. The van der Waals surface area contributed by atoms with Crippen LogP contribution < -0.4 is 10.6 Å². The molecule has 146 valence electrons. The van der Waals surface area contributed by atoms with Crippen molar-refractivity contribution >= 4 is 22.5 Å². The minimum Gasteiger partial charge on any atom is -0.394 e. The Balaban J connectivity index is 1.81. The molecule has 0 bridgehead atoms. The third kappa shape index (κ3) is 4.65. The van der Waals surface area contributed by atoms with Crippen LogP contribution in [0.2, 0.25) is 0 Å². The molecule has 28 heavy (non-hydrogen) atoms. The molecule has 4 N–H and O–H groups in total. The Morgan fingerprint density at radius 1 is 1.04 bits per heavy atom. The molecule has 0 spiro atoms. The summed E-state index contributed by atoms with van der Waals surface area (Å²) in [5.74, 6) is 0.385. The lowest BCUT2D eigenvalue weighted by Crippen LogP contribution is -2.30. The molecule has 0 saturated heterocycles. The van der Waals surface area contributed by atoms with Crippen LogP contribution in [0.25, 0.3) is 10.8 Å². The zero-order valence-electron chi connectivity index (χ0n) is 16.0. The summed E-state index contributed by atoms with van der Waals surface area (Å²) in [5, 5.41) is 26.7. The van der Waals surface area contributed by atoms with Crippen LogP contribution in [0.3, 0.4) is 0 Å². The molecule has 0 aliphatic heterocycles. The van der Waals surface area contributed by atoms with E-state index in [1.807, 2.05) is 50.2 Å². The molecule has 2 aromatic carbocycles. The van der Waals surface area contributed by atoms with E-state index in [2.05, 4.69) is 15.6 Å². The second-order valence-corrected chi connectivity index (χ2v) is 6.98. The van der Waals surface area contributed by atoms with Gasteiger partial charge in [-0.2, -0.15) is 0 Å². The monoisotopic (exact) mass is 379 g/mol. The zero-order chi connectivity index (χ0) is 20.1. The number of amides is 1. The van der Waals surface area contributed by atoms with Gasteiger partial charge >= 0.3 is 0 Å². The summed E-state index contributed by atoms with van der Waals surface area (Å²) in [6.45, 7) is 3.67. The molecule has 6 nitrogen and oxygen atoms in total. The zero-order valence-corrected chi connectivity index (χ0v) is 16.0. The van der Waals surface area contributed by atoms with Crippen molar-refractivity contribution in [2.24, 2.45) is 0 Å². The summed E-state index contributed by atoms with van der Waals surface area (Å²) in [7, 11) is 0. The van der Waals surface area contributed by atoms with Crippen molar-refractivity contribution in [2.45, 2.75) is 25.9 Å². The molecule has 3 aromatic rings. The standard InChI is InChI=1S/C22H25N3O3/c1-14-3-5-16(6-4-14)20(13-27)25-22(28)17-7-8-18-11-23-21(10-19(18)9-17)24-15(2)12-26/h3-11,15,20,26-27H,12-13H2,1-2H3,(H,23,24)(H,25,28)/t15-,20+/m0/s1. The molecule has 1 amide bonds. The third-order valence-corrected chi connectivity index (χ3v) is 4.62. The van der Waals surface area contributed by atoms with Gasteiger partial charge in [0, 0.05) is 23.2 Å². The molecule has 6 heteroatoms. The van der Waals surface area contributed by atoms with Gasteiger partial charge in [0.15, 0.2) is 0 Å². The van der Waals surface area contributed by atoms with Gasteiger partial charge in [-0.25, -0.2) is 4.98 Å². The van der Waals surface area contributed by atoms with Crippen LogP contribution in [0.15, 0.2) is 54.7 Å². The third-order valence-electron chi connectivity index (χ3n) is 4.62. The molecule has 1 heterocycles. The van der Waals surface area contributed by atoms with E-state index in [0.29, 0.717) is 11.4 Å². The van der Waals surface area contributed by atoms with Crippen molar-refractivity contribution in [1.82, 2.24) is 10.3 Å². The Morgan fingerprint density at radius 2 is 1.79 bits per heavy atom. The Labute approximate surface area is 164 Å². The second-order valence-electron chi connectivity index (χ2n) is 6.98. The van der Waals surface area contributed by atoms with Crippen LogP contribution in [0.5, 0.6) is 0 Å². The van der Waals surface area contributed by atoms with Gasteiger partial charge in [-0.3, -0.25) is 4.79 Å². The molecule has 0 aliphatic rings. The van der Waals surface area contributed by atoms with Crippen LogP contribution in [0, 0.1) is 6.92 Å². The van der Waals surface area contributed by atoms with Gasteiger partial charge in [0.1, 0.15) is 5.82 Å². The minimum absolute atomic E-state index is 0.00369. The first kappa shape index (κ1) is 19.8.